The van der Waals surface area contributed by atoms with Gasteiger partial charge in [0.25, 0.3) is 0 Å². The van der Waals surface area contributed by atoms with E-state index in [-0.39, 0.29) is 5.97 Å². The van der Waals surface area contributed by atoms with Crippen LogP contribution < -0.4 is 0 Å². The maximum absolute atomic E-state index is 11.2. The number of carbonyl (C=O) groups is 2. The van der Waals surface area contributed by atoms with Gasteiger partial charge in [-0.3, -0.25) is 9.59 Å². The van der Waals surface area contributed by atoms with Gasteiger partial charge in [-0.2, -0.15) is 0 Å². The van der Waals surface area contributed by atoms with E-state index in [4.69, 9.17) is 9.84 Å². The summed E-state index contributed by atoms with van der Waals surface area (Å²) in [4.78, 5) is 22.2. The molecule has 0 bridgehead atoms. The molecule has 92 valence electrons. The van der Waals surface area contributed by atoms with Crippen molar-refractivity contribution in [1.29, 1.82) is 0 Å². The maximum atomic E-state index is 11.2. The molecule has 16 heavy (non-hydrogen) atoms. The first-order chi connectivity index (χ1) is 7.35. The highest BCUT2D eigenvalue weighted by atomic mass is 16.6. The van der Waals surface area contributed by atoms with E-state index < -0.39 is 23.6 Å². The van der Waals surface area contributed by atoms with Crippen LogP contribution in [0.3, 0.4) is 0 Å². The molecule has 0 amide bonds. The van der Waals surface area contributed by atoms with Crippen LogP contribution in [0.5, 0.6) is 0 Å². The average Bonchev–Trinajstić information content (AvgIpc) is 2.41. The molecule has 1 rings (SSSR count). The van der Waals surface area contributed by atoms with Gasteiger partial charge in [0.2, 0.25) is 0 Å². The minimum atomic E-state index is -1.31. The minimum absolute atomic E-state index is 0.344. The molecule has 0 saturated carbocycles. The summed E-state index contributed by atoms with van der Waals surface area (Å²) in [6, 6.07) is 0. The number of esters is 1. The topological polar surface area (TPSA) is 83.8 Å². The Kier molecular flexibility index (Phi) is 3.91. The number of carboxylic acids is 1. The van der Waals surface area contributed by atoms with Crippen molar-refractivity contribution in [1.82, 2.24) is 0 Å². The fourth-order valence-electron chi connectivity index (χ4n) is 1.72. The van der Waals surface area contributed by atoms with Gasteiger partial charge in [-0.05, 0) is 33.1 Å². The van der Waals surface area contributed by atoms with E-state index in [1.807, 2.05) is 0 Å². The number of hydrogen-bond donors (Lipinski definition) is 2. The first kappa shape index (κ1) is 13.0. The summed E-state index contributed by atoms with van der Waals surface area (Å²) in [7, 11) is 0. The van der Waals surface area contributed by atoms with Crippen LogP contribution in [0.4, 0.5) is 0 Å². The molecular weight excluding hydrogens is 212 g/mol. The standard InChI is InChI=1S/C11H18O5/c1-11(2,10(14)15)9(13)7-5-3-4-6-8(12)16-7/h7,9,13H,3-6H2,1-2H3,(H,14,15). The van der Waals surface area contributed by atoms with Gasteiger partial charge in [-0.25, -0.2) is 0 Å². The van der Waals surface area contributed by atoms with Gasteiger partial charge in [0.05, 0.1) is 5.41 Å². The van der Waals surface area contributed by atoms with Gasteiger partial charge < -0.3 is 14.9 Å². The van der Waals surface area contributed by atoms with E-state index in [1.54, 1.807) is 0 Å². The monoisotopic (exact) mass is 230 g/mol. The number of cyclic esters (lactones) is 1. The summed E-state index contributed by atoms with van der Waals surface area (Å²) in [5.74, 6) is -1.46. The molecule has 0 aromatic heterocycles. The van der Waals surface area contributed by atoms with Gasteiger partial charge >= 0.3 is 11.9 Å². The van der Waals surface area contributed by atoms with Crippen molar-refractivity contribution in [3.05, 3.63) is 0 Å². The van der Waals surface area contributed by atoms with Crippen molar-refractivity contribution in [2.24, 2.45) is 5.41 Å². The number of carbonyl (C=O) groups excluding carboxylic acids is 1. The zero-order chi connectivity index (χ0) is 12.3. The Labute approximate surface area is 94.4 Å². The van der Waals surface area contributed by atoms with Crippen molar-refractivity contribution >= 4 is 11.9 Å². The normalized spacial score (nSPS) is 24.4. The molecular formula is C11H18O5. The summed E-state index contributed by atoms with van der Waals surface area (Å²) in [5.41, 5.74) is -1.31. The quantitative estimate of drug-likeness (QED) is 0.705. The molecule has 1 saturated heterocycles. The third kappa shape index (κ3) is 2.72. The number of carboxylic acid groups (broad SMARTS) is 1. The fraction of sp³-hybridized carbons (Fsp3) is 0.818. The highest BCUT2D eigenvalue weighted by molar-refractivity contribution is 5.75. The molecule has 0 aromatic carbocycles. The molecule has 0 radical (unpaired) electrons. The first-order valence-corrected chi connectivity index (χ1v) is 5.46. The molecule has 2 unspecified atom stereocenters. The molecule has 0 spiro atoms. The van der Waals surface area contributed by atoms with Crippen LogP contribution >= 0.6 is 0 Å². The van der Waals surface area contributed by atoms with Crippen molar-refractivity contribution in [3.8, 4) is 0 Å². The van der Waals surface area contributed by atoms with Gasteiger partial charge in [-0.1, -0.05) is 0 Å². The Bertz CT molecular complexity index is 284. The fourth-order valence-corrected chi connectivity index (χ4v) is 1.72. The molecule has 1 aliphatic rings. The highest BCUT2D eigenvalue weighted by Crippen LogP contribution is 2.29. The zero-order valence-corrected chi connectivity index (χ0v) is 9.60. The Hall–Kier alpha value is -1.10. The molecule has 0 aromatic rings. The molecule has 1 fully saturated rings. The van der Waals surface area contributed by atoms with Crippen LogP contribution in [0.25, 0.3) is 0 Å². The van der Waals surface area contributed by atoms with Crippen LogP contribution in [-0.4, -0.2) is 34.4 Å². The van der Waals surface area contributed by atoms with Gasteiger partial charge in [-0.15, -0.1) is 0 Å². The smallest absolute Gasteiger partial charge is 0.311 e. The Morgan fingerprint density at radius 3 is 2.69 bits per heavy atom. The van der Waals surface area contributed by atoms with Crippen LogP contribution in [0.2, 0.25) is 0 Å². The first-order valence-electron chi connectivity index (χ1n) is 5.46. The molecule has 1 heterocycles. The number of aliphatic hydroxyl groups excluding tert-OH is 1. The van der Waals surface area contributed by atoms with E-state index >= 15 is 0 Å². The SMILES string of the molecule is CC(C)(C(=O)O)C(O)C1CCCCC(=O)O1. The second-order valence-corrected chi connectivity index (χ2v) is 4.75. The summed E-state index contributed by atoms with van der Waals surface area (Å²) in [6.07, 6.45) is 0.479. The lowest BCUT2D eigenvalue weighted by atomic mass is 9.82. The van der Waals surface area contributed by atoms with Gasteiger partial charge in [0, 0.05) is 6.42 Å². The molecule has 2 N–H and O–H groups in total. The lowest BCUT2D eigenvalue weighted by Gasteiger charge is -2.31. The Morgan fingerprint density at radius 2 is 2.12 bits per heavy atom. The summed E-state index contributed by atoms with van der Waals surface area (Å²) in [5, 5.41) is 18.9. The van der Waals surface area contributed by atoms with Gasteiger partial charge in [0.1, 0.15) is 12.2 Å². The summed E-state index contributed by atoms with van der Waals surface area (Å²) >= 11 is 0. The Morgan fingerprint density at radius 1 is 1.50 bits per heavy atom. The summed E-state index contributed by atoms with van der Waals surface area (Å²) in [6.45, 7) is 2.86. The minimum Gasteiger partial charge on any atom is -0.481 e. The van der Waals surface area contributed by atoms with E-state index in [2.05, 4.69) is 0 Å². The van der Waals surface area contributed by atoms with Crippen LogP contribution in [0, 0.1) is 5.41 Å². The van der Waals surface area contributed by atoms with Crippen LogP contribution in [0.1, 0.15) is 39.5 Å². The third-order valence-electron chi connectivity index (χ3n) is 3.05. The molecule has 5 heteroatoms. The third-order valence-corrected chi connectivity index (χ3v) is 3.05. The van der Waals surface area contributed by atoms with Crippen molar-refractivity contribution in [2.45, 2.75) is 51.7 Å². The second kappa shape index (κ2) is 4.82. The van der Waals surface area contributed by atoms with Crippen molar-refractivity contribution in [3.63, 3.8) is 0 Å². The van der Waals surface area contributed by atoms with Gasteiger partial charge in [0.15, 0.2) is 0 Å². The molecule has 1 aliphatic heterocycles. The summed E-state index contributed by atoms with van der Waals surface area (Å²) < 4.78 is 5.06. The lowest BCUT2D eigenvalue weighted by molar-refractivity contribution is -0.170. The number of ether oxygens (including phenoxy) is 1. The Balaban J connectivity index is 2.75. The van der Waals surface area contributed by atoms with Crippen molar-refractivity contribution < 1.29 is 24.5 Å². The number of hydrogen-bond acceptors (Lipinski definition) is 4. The van der Waals surface area contributed by atoms with E-state index in [9.17, 15) is 14.7 Å². The van der Waals surface area contributed by atoms with E-state index in [1.165, 1.54) is 13.8 Å². The number of aliphatic carboxylic acids is 1. The van der Waals surface area contributed by atoms with E-state index in [0.717, 1.165) is 12.8 Å². The van der Waals surface area contributed by atoms with E-state index in [0.29, 0.717) is 12.8 Å². The molecule has 0 aliphatic carbocycles. The maximum Gasteiger partial charge on any atom is 0.311 e. The average molecular weight is 230 g/mol. The lowest BCUT2D eigenvalue weighted by Crippen LogP contribution is -2.46. The molecule has 5 nitrogen and oxygen atoms in total. The number of rotatable bonds is 3. The second-order valence-electron chi connectivity index (χ2n) is 4.75. The zero-order valence-electron chi connectivity index (χ0n) is 9.60. The van der Waals surface area contributed by atoms with Crippen molar-refractivity contribution in [2.75, 3.05) is 0 Å². The predicted octanol–water partition coefficient (Wildman–Crippen LogP) is 0.944. The van der Waals surface area contributed by atoms with Crippen LogP contribution in [-0.2, 0) is 14.3 Å². The highest BCUT2D eigenvalue weighted by Gasteiger charge is 2.42. The predicted molar refractivity (Wildman–Crippen MR) is 55.8 cm³/mol. The molecule has 2 atom stereocenters. The van der Waals surface area contributed by atoms with Crippen LogP contribution in [0.15, 0.2) is 0 Å². The number of aliphatic hydroxyl groups is 1. The largest absolute Gasteiger partial charge is 0.481 e.